The molecule has 0 bridgehead atoms. The van der Waals surface area contributed by atoms with Crippen molar-refractivity contribution in [3.05, 3.63) is 69.7 Å². The van der Waals surface area contributed by atoms with Gasteiger partial charge in [-0.2, -0.15) is 0 Å². The van der Waals surface area contributed by atoms with Gasteiger partial charge < -0.3 is 10.0 Å². The van der Waals surface area contributed by atoms with Gasteiger partial charge in [-0.1, -0.05) is 54.4 Å². The van der Waals surface area contributed by atoms with Crippen LogP contribution < -0.4 is 0 Å². The molecule has 7 nitrogen and oxygen atoms in total. The minimum Gasteiger partial charge on any atom is -0.481 e. The quantitative estimate of drug-likeness (QED) is 0.294. The van der Waals surface area contributed by atoms with E-state index in [4.69, 9.17) is 23.2 Å². The second-order valence-corrected chi connectivity index (χ2v) is 12.9. The molecule has 4 unspecified atom stereocenters. The lowest BCUT2D eigenvalue weighted by atomic mass is 9.67. The zero-order chi connectivity index (χ0) is 29.2. The van der Waals surface area contributed by atoms with E-state index in [0.29, 0.717) is 10.0 Å². The van der Waals surface area contributed by atoms with Crippen LogP contribution in [0.25, 0.3) is 0 Å². The Balaban J connectivity index is 1.87. The Hall–Kier alpha value is -2.27. The fourth-order valence-corrected chi connectivity index (χ4v) is 6.80. The molecular weight excluding hydrogens is 585 g/mol. The molecule has 4 atom stereocenters. The predicted octanol–water partition coefficient (Wildman–Crippen LogP) is 5.79. The van der Waals surface area contributed by atoms with Gasteiger partial charge in [-0.05, 0) is 60.6 Å². The summed E-state index contributed by atoms with van der Waals surface area (Å²) in [6, 6.07) is 13.0. The van der Waals surface area contributed by atoms with Gasteiger partial charge >= 0.3 is 5.97 Å². The first-order valence-electron chi connectivity index (χ1n) is 13.1. The molecular formula is C28H32Cl2F2N2O5S. The number of amides is 1. The number of benzene rings is 2. The Kier molecular flexibility index (Phi) is 9.75. The fraction of sp³-hybridized carbons (Fsp3) is 0.500. The Labute approximate surface area is 244 Å². The van der Waals surface area contributed by atoms with Crippen molar-refractivity contribution >= 4 is 46.0 Å². The molecule has 2 aromatic carbocycles. The number of halogens is 4. The average Bonchev–Trinajstić information content (AvgIpc) is 3.71. The van der Waals surface area contributed by atoms with Crippen molar-refractivity contribution in [2.24, 2.45) is 11.3 Å². The van der Waals surface area contributed by atoms with Gasteiger partial charge in [-0.3, -0.25) is 9.59 Å². The second kappa shape index (κ2) is 12.7. The summed E-state index contributed by atoms with van der Waals surface area (Å²) < 4.78 is 51.3. The maximum atomic E-state index is 14.4. The van der Waals surface area contributed by atoms with E-state index in [-0.39, 0.29) is 25.4 Å². The monoisotopic (exact) mass is 616 g/mol. The predicted molar refractivity (Wildman–Crippen MR) is 149 cm³/mol. The topological polar surface area (TPSA) is 95.0 Å². The highest BCUT2D eigenvalue weighted by Gasteiger charge is 2.54. The molecule has 2 aromatic rings. The Morgan fingerprint density at radius 1 is 1.12 bits per heavy atom. The minimum atomic E-state index is -3.20. The first kappa shape index (κ1) is 30.7. The summed E-state index contributed by atoms with van der Waals surface area (Å²) in [6.07, 6.45) is -2.05. The first-order chi connectivity index (χ1) is 18.9. The summed E-state index contributed by atoms with van der Waals surface area (Å²) in [5.41, 5.74) is 0.250. The number of alkyl halides is 2. The fourth-order valence-electron chi connectivity index (χ4n) is 5.89. The lowest BCUT2D eigenvalue weighted by Gasteiger charge is -2.52. The third kappa shape index (κ3) is 7.13. The molecule has 2 aliphatic rings. The summed E-state index contributed by atoms with van der Waals surface area (Å²) >= 11 is 12.5. The molecule has 1 aliphatic heterocycles. The van der Waals surface area contributed by atoms with Crippen LogP contribution in [0.3, 0.4) is 0 Å². The maximum absolute atomic E-state index is 14.4. The minimum absolute atomic E-state index is 0.0602. The van der Waals surface area contributed by atoms with Gasteiger partial charge in [0, 0.05) is 41.5 Å². The molecule has 1 aliphatic carbocycles. The van der Waals surface area contributed by atoms with E-state index in [9.17, 15) is 31.9 Å². The molecule has 4 rings (SSSR count). The molecule has 0 aromatic heterocycles. The van der Waals surface area contributed by atoms with Crippen LogP contribution in [-0.2, 0) is 20.5 Å². The Morgan fingerprint density at radius 3 is 2.35 bits per heavy atom. The van der Waals surface area contributed by atoms with E-state index >= 15 is 0 Å². The number of carbonyl (C=O) groups excluding carboxylic acids is 1. The number of carboxylic acid groups (broad SMARTS) is 1. The van der Waals surface area contributed by atoms with Crippen molar-refractivity contribution in [2.45, 2.75) is 63.5 Å². The van der Waals surface area contributed by atoms with E-state index < -0.39 is 65.5 Å². The van der Waals surface area contributed by atoms with Crippen molar-refractivity contribution in [2.75, 3.05) is 13.1 Å². The smallest absolute Gasteiger partial charge is 0.304 e. The molecule has 1 N–H and O–H groups in total. The third-order valence-corrected chi connectivity index (χ3v) is 9.20. The van der Waals surface area contributed by atoms with Crippen LogP contribution in [0.5, 0.6) is 0 Å². The molecule has 1 saturated carbocycles. The molecule has 1 amide bonds. The van der Waals surface area contributed by atoms with E-state index in [1.54, 1.807) is 54.3 Å². The number of likely N-dealkylation sites (tertiary alicyclic amines) is 1. The number of piperidine rings is 1. The van der Waals surface area contributed by atoms with Crippen LogP contribution in [0, 0.1) is 11.3 Å². The molecule has 218 valence electrons. The van der Waals surface area contributed by atoms with Crippen molar-refractivity contribution in [1.82, 2.24) is 9.21 Å². The van der Waals surface area contributed by atoms with Crippen molar-refractivity contribution in [3.63, 3.8) is 0 Å². The largest absolute Gasteiger partial charge is 0.481 e. The van der Waals surface area contributed by atoms with Crippen molar-refractivity contribution in [3.8, 4) is 0 Å². The molecule has 1 heterocycles. The van der Waals surface area contributed by atoms with Crippen LogP contribution in [-0.4, -0.2) is 60.2 Å². The van der Waals surface area contributed by atoms with Gasteiger partial charge in [0.25, 0.3) is 0 Å². The summed E-state index contributed by atoms with van der Waals surface area (Å²) in [4.78, 5) is 28.0. The van der Waals surface area contributed by atoms with Gasteiger partial charge in [0.05, 0.1) is 17.9 Å². The Morgan fingerprint density at radius 2 is 1.80 bits per heavy atom. The zero-order valence-electron chi connectivity index (χ0n) is 21.9. The number of rotatable bonds is 12. The Bertz CT molecular complexity index is 1300. The van der Waals surface area contributed by atoms with E-state index in [2.05, 4.69) is 0 Å². The molecule has 12 heteroatoms. The molecule has 1 saturated heterocycles. The number of nitrogens with zero attached hydrogens (tertiary/aromatic N) is 2. The van der Waals surface area contributed by atoms with Gasteiger partial charge in [0.1, 0.15) is 0 Å². The zero-order valence-corrected chi connectivity index (χ0v) is 24.3. The SMILES string of the molecule is CC1(CC(=O)O)CC(c2cccc(Cl)c2)C(c2ccc(Cl)cc2)N(C(CN(CCC(F)F)[SH](=O)=O)C2CC2)C1=O. The summed E-state index contributed by atoms with van der Waals surface area (Å²) in [5.74, 6) is -1.98. The second-order valence-electron chi connectivity index (χ2n) is 10.9. The summed E-state index contributed by atoms with van der Waals surface area (Å²) in [5, 5.41) is 10.8. The normalized spacial score (nSPS) is 24.2. The van der Waals surface area contributed by atoms with Crippen molar-refractivity contribution < 1.29 is 31.9 Å². The third-order valence-electron chi connectivity index (χ3n) is 7.89. The first-order valence-corrected chi connectivity index (χ1v) is 15.0. The molecule has 0 spiro atoms. The van der Waals surface area contributed by atoms with E-state index in [1.807, 2.05) is 6.07 Å². The van der Waals surface area contributed by atoms with Gasteiger partial charge in [-0.25, -0.2) is 21.5 Å². The van der Waals surface area contributed by atoms with E-state index in [0.717, 1.165) is 28.3 Å². The lowest BCUT2D eigenvalue weighted by Crippen LogP contribution is -2.59. The van der Waals surface area contributed by atoms with Crippen molar-refractivity contribution in [1.29, 1.82) is 0 Å². The number of aliphatic carboxylic acids is 1. The number of carboxylic acids is 1. The average molecular weight is 618 g/mol. The van der Waals surface area contributed by atoms with Crippen LogP contribution in [0.4, 0.5) is 8.78 Å². The maximum Gasteiger partial charge on any atom is 0.304 e. The van der Waals surface area contributed by atoms with Gasteiger partial charge in [0.2, 0.25) is 23.2 Å². The number of hydrogen-bond acceptors (Lipinski definition) is 4. The van der Waals surface area contributed by atoms with Crippen LogP contribution in [0.2, 0.25) is 10.0 Å². The van der Waals surface area contributed by atoms with Crippen LogP contribution in [0.1, 0.15) is 62.1 Å². The van der Waals surface area contributed by atoms with Crippen LogP contribution >= 0.6 is 23.2 Å². The standard InChI is InChI=1S/C28H32Cl2F2N2O5S/c1-28(15-25(35)36)14-22(19-3-2-4-21(30)13-19)26(18-7-9-20(29)10-8-18)34(27(28)37)23(17-5-6-17)16-33(40(38)39)12-11-24(31)32/h2-4,7-10,13,17,22-24,26,40H,5-6,11-12,14-16H2,1H3,(H,35,36). The molecule has 2 fully saturated rings. The molecule has 0 radical (unpaired) electrons. The van der Waals surface area contributed by atoms with Gasteiger partial charge in [-0.15, -0.1) is 0 Å². The number of thiol groups is 1. The number of hydrogen-bond donors (Lipinski definition) is 2. The van der Waals surface area contributed by atoms with Crippen LogP contribution in [0.15, 0.2) is 48.5 Å². The highest BCUT2D eigenvalue weighted by molar-refractivity contribution is 7.69. The molecule has 40 heavy (non-hydrogen) atoms. The summed E-state index contributed by atoms with van der Waals surface area (Å²) in [6.45, 7) is 1.09. The highest BCUT2D eigenvalue weighted by atomic mass is 35.5. The van der Waals surface area contributed by atoms with E-state index in [1.165, 1.54) is 0 Å². The highest BCUT2D eigenvalue weighted by Crippen LogP contribution is 2.54. The number of carbonyl (C=O) groups is 2. The summed E-state index contributed by atoms with van der Waals surface area (Å²) in [7, 11) is -3.20. The lowest BCUT2D eigenvalue weighted by molar-refractivity contribution is -0.161. The van der Waals surface area contributed by atoms with Gasteiger partial charge in [0.15, 0.2) is 0 Å².